The summed E-state index contributed by atoms with van der Waals surface area (Å²) in [6.45, 7) is 0.434. The van der Waals surface area contributed by atoms with E-state index in [4.69, 9.17) is 30.5 Å². The minimum atomic E-state index is -0.921. The maximum Gasteiger partial charge on any atom is 0.303 e. The van der Waals surface area contributed by atoms with E-state index in [0.29, 0.717) is 40.6 Å². The van der Waals surface area contributed by atoms with Crippen LogP contribution in [0, 0.1) is 5.41 Å². The lowest BCUT2D eigenvalue weighted by Crippen LogP contribution is -2.33. The number of carboxylic acid groups (broad SMARTS) is 1. The normalized spacial score (nSPS) is 11.2. The first-order chi connectivity index (χ1) is 18.3. The van der Waals surface area contributed by atoms with Gasteiger partial charge >= 0.3 is 5.97 Å². The van der Waals surface area contributed by atoms with Gasteiger partial charge in [-0.05, 0) is 42.3 Å². The van der Waals surface area contributed by atoms with Crippen molar-refractivity contribution in [1.29, 1.82) is 5.41 Å². The Morgan fingerprint density at radius 3 is 2.24 bits per heavy atom. The summed E-state index contributed by atoms with van der Waals surface area (Å²) in [7, 11) is 2.98. The van der Waals surface area contributed by atoms with Crippen molar-refractivity contribution >= 4 is 23.4 Å². The van der Waals surface area contributed by atoms with Crippen molar-refractivity contribution < 1.29 is 28.9 Å². The van der Waals surface area contributed by atoms with E-state index in [1.54, 1.807) is 36.4 Å². The Balaban J connectivity index is 1.98. The van der Waals surface area contributed by atoms with Gasteiger partial charge < -0.3 is 35.7 Å². The van der Waals surface area contributed by atoms with Gasteiger partial charge in [0.25, 0.3) is 0 Å². The number of methoxy groups -OCH3 is 2. The number of benzene rings is 3. The highest BCUT2D eigenvalue weighted by molar-refractivity contribution is 5.95. The number of aliphatic carboxylic acids is 1. The third kappa shape index (κ3) is 7.63. The first kappa shape index (κ1) is 27.9. The van der Waals surface area contributed by atoms with E-state index >= 15 is 0 Å². The molecule has 3 rings (SSSR count). The van der Waals surface area contributed by atoms with E-state index in [9.17, 15) is 9.59 Å². The van der Waals surface area contributed by atoms with Crippen LogP contribution in [0.2, 0.25) is 0 Å². The molecule has 38 heavy (non-hydrogen) atoms. The predicted octanol–water partition coefficient (Wildman–Crippen LogP) is 3.70. The summed E-state index contributed by atoms with van der Waals surface area (Å²) in [5, 5.41) is 22.8. The lowest BCUT2D eigenvalue weighted by atomic mass is 10.0. The van der Waals surface area contributed by atoms with Crippen molar-refractivity contribution in [3.05, 3.63) is 83.4 Å². The van der Waals surface area contributed by atoms with E-state index in [0.717, 1.165) is 5.56 Å². The number of carboxylic acids is 1. The molecule has 0 saturated carbocycles. The Bertz CT molecular complexity index is 1250. The number of anilines is 1. The summed E-state index contributed by atoms with van der Waals surface area (Å²) >= 11 is 0. The number of amidine groups is 1. The van der Waals surface area contributed by atoms with Crippen molar-refractivity contribution in [2.75, 3.05) is 26.1 Å². The zero-order valence-electron chi connectivity index (χ0n) is 21.3. The van der Waals surface area contributed by atoms with Crippen LogP contribution in [0.3, 0.4) is 0 Å². The van der Waals surface area contributed by atoms with Crippen molar-refractivity contribution in [3.63, 3.8) is 0 Å². The van der Waals surface area contributed by atoms with Crippen LogP contribution < -0.4 is 30.6 Å². The number of hydrogen-bond donors (Lipinski definition) is 5. The predicted molar refractivity (Wildman–Crippen MR) is 144 cm³/mol. The molecule has 10 heteroatoms. The first-order valence-corrected chi connectivity index (χ1v) is 12.0. The Morgan fingerprint density at radius 1 is 0.974 bits per heavy atom. The molecule has 0 saturated heterocycles. The second-order valence-corrected chi connectivity index (χ2v) is 8.36. The van der Waals surface area contributed by atoms with Crippen LogP contribution in [0.1, 0.15) is 35.6 Å². The molecule has 1 unspecified atom stereocenters. The maximum atomic E-state index is 13.6. The van der Waals surface area contributed by atoms with Gasteiger partial charge in [-0.25, -0.2) is 0 Å². The smallest absolute Gasteiger partial charge is 0.303 e. The van der Waals surface area contributed by atoms with Crippen LogP contribution in [0.15, 0.2) is 66.7 Å². The second kappa shape index (κ2) is 13.5. The second-order valence-electron chi connectivity index (χ2n) is 8.36. The fourth-order valence-electron chi connectivity index (χ4n) is 3.72. The van der Waals surface area contributed by atoms with Gasteiger partial charge in [-0.15, -0.1) is 0 Å². The first-order valence-electron chi connectivity index (χ1n) is 12.0. The largest absolute Gasteiger partial charge is 0.493 e. The Kier molecular flexibility index (Phi) is 9.93. The fourth-order valence-corrected chi connectivity index (χ4v) is 3.72. The van der Waals surface area contributed by atoms with E-state index in [1.807, 2.05) is 30.3 Å². The van der Waals surface area contributed by atoms with Crippen LogP contribution >= 0.6 is 0 Å². The molecular weight excluding hydrogens is 488 g/mol. The average molecular weight is 521 g/mol. The van der Waals surface area contributed by atoms with Gasteiger partial charge in [0.1, 0.15) is 17.6 Å². The van der Waals surface area contributed by atoms with E-state index in [-0.39, 0.29) is 31.2 Å². The lowest BCUT2D eigenvalue weighted by Gasteiger charge is -2.24. The van der Waals surface area contributed by atoms with Gasteiger partial charge in [-0.1, -0.05) is 30.3 Å². The van der Waals surface area contributed by atoms with Crippen LogP contribution in [0.5, 0.6) is 17.2 Å². The molecule has 0 radical (unpaired) electrons. The monoisotopic (exact) mass is 520 g/mol. The molecule has 3 aromatic carbocycles. The molecule has 0 heterocycles. The summed E-state index contributed by atoms with van der Waals surface area (Å²) in [5.74, 6) is -0.165. The summed E-state index contributed by atoms with van der Waals surface area (Å²) in [4.78, 5) is 24.5. The molecule has 0 spiro atoms. The van der Waals surface area contributed by atoms with Gasteiger partial charge in [0.15, 0.2) is 11.5 Å². The minimum Gasteiger partial charge on any atom is -0.493 e. The van der Waals surface area contributed by atoms with Gasteiger partial charge in [0.05, 0.1) is 20.8 Å². The third-order valence-electron chi connectivity index (χ3n) is 5.70. The van der Waals surface area contributed by atoms with Crippen LogP contribution in [-0.4, -0.2) is 43.6 Å². The number of nitrogens with two attached hydrogens (primary N) is 1. The van der Waals surface area contributed by atoms with Crippen molar-refractivity contribution in [2.24, 2.45) is 5.73 Å². The fraction of sp³-hybridized carbons (Fsp3) is 0.250. The Labute approximate surface area is 221 Å². The number of ether oxygens (including phenoxy) is 3. The Hall–Kier alpha value is -4.73. The number of nitrogens with one attached hydrogen (secondary N) is 3. The quantitative estimate of drug-likeness (QED) is 0.122. The molecule has 0 fully saturated rings. The number of hydrogen-bond acceptors (Lipinski definition) is 7. The SMILES string of the molecule is COc1cc(OCCCC(=O)O)c(C(Nc2ccc(C(=N)N)cc2)C(=O)NCc2ccccc2)cc1OC. The number of nitrogen functional groups attached to an aromatic ring is 1. The Morgan fingerprint density at radius 2 is 1.63 bits per heavy atom. The third-order valence-corrected chi connectivity index (χ3v) is 5.70. The van der Waals surface area contributed by atoms with Crippen LogP contribution in [0.4, 0.5) is 5.69 Å². The molecule has 0 aliphatic heterocycles. The summed E-state index contributed by atoms with van der Waals surface area (Å²) < 4.78 is 16.9. The number of carbonyl (C=O) groups is 2. The highest BCUT2D eigenvalue weighted by atomic mass is 16.5. The highest BCUT2D eigenvalue weighted by Gasteiger charge is 2.27. The molecule has 0 aromatic heterocycles. The number of rotatable bonds is 14. The van der Waals surface area contributed by atoms with Gasteiger partial charge in [0, 0.05) is 35.8 Å². The van der Waals surface area contributed by atoms with E-state index in [2.05, 4.69) is 10.6 Å². The molecule has 0 bridgehead atoms. The van der Waals surface area contributed by atoms with E-state index in [1.165, 1.54) is 14.2 Å². The van der Waals surface area contributed by atoms with Gasteiger partial charge in [-0.2, -0.15) is 0 Å². The van der Waals surface area contributed by atoms with Crippen molar-refractivity contribution in [3.8, 4) is 17.2 Å². The number of carbonyl (C=O) groups excluding carboxylic acids is 1. The maximum absolute atomic E-state index is 13.6. The van der Waals surface area contributed by atoms with E-state index < -0.39 is 12.0 Å². The van der Waals surface area contributed by atoms with Crippen LogP contribution in [-0.2, 0) is 16.1 Å². The topological polar surface area (TPSA) is 156 Å². The molecule has 1 amide bonds. The molecule has 6 N–H and O–H groups in total. The molecule has 0 aliphatic rings. The summed E-state index contributed by atoms with van der Waals surface area (Å²) in [6, 6.07) is 18.7. The average Bonchev–Trinajstić information content (AvgIpc) is 2.93. The minimum absolute atomic E-state index is 0.0512. The molecule has 3 aromatic rings. The number of amides is 1. The molecule has 200 valence electrons. The molecule has 1 atom stereocenters. The summed E-state index contributed by atoms with van der Waals surface area (Å²) in [6.07, 6.45) is 0.234. The van der Waals surface area contributed by atoms with Crippen molar-refractivity contribution in [2.45, 2.75) is 25.4 Å². The molecule has 0 aliphatic carbocycles. The molecular formula is C28H32N4O6. The lowest BCUT2D eigenvalue weighted by molar-refractivity contribution is -0.137. The standard InChI is InChI=1S/C28H32N4O6/c1-36-23-15-21(22(16-24(23)37-2)38-14-6-9-25(33)34)26(28(35)31-17-18-7-4-3-5-8-18)32-20-12-10-19(11-13-20)27(29)30/h3-5,7-8,10-13,15-16,26,32H,6,9,14,17H2,1-2H3,(H3,29,30)(H,31,35)(H,33,34). The zero-order valence-corrected chi connectivity index (χ0v) is 21.3. The van der Waals surface area contributed by atoms with Gasteiger partial charge in [-0.3, -0.25) is 15.0 Å². The molecule has 10 nitrogen and oxygen atoms in total. The van der Waals surface area contributed by atoms with Crippen LogP contribution in [0.25, 0.3) is 0 Å². The zero-order chi connectivity index (χ0) is 27.5. The van der Waals surface area contributed by atoms with Crippen molar-refractivity contribution in [1.82, 2.24) is 5.32 Å². The summed E-state index contributed by atoms with van der Waals surface area (Å²) in [5.41, 5.74) is 8.14. The highest BCUT2D eigenvalue weighted by Crippen LogP contribution is 2.39. The van der Waals surface area contributed by atoms with Gasteiger partial charge in [0.2, 0.25) is 5.91 Å².